The lowest BCUT2D eigenvalue weighted by atomic mass is 10.2. The van der Waals surface area contributed by atoms with Crippen molar-refractivity contribution < 1.29 is 4.74 Å². The molecule has 1 aromatic carbocycles. The van der Waals surface area contributed by atoms with E-state index in [9.17, 15) is 0 Å². The lowest BCUT2D eigenvalue weighted by molar-refractivity contribution is 0.122. The number of aromatic amines is 1. The van der Waals surface area contributed by atoms with E-state index in [2.05, 4.69) is 66.0 Å². The van der Waals surface area contributed by atoms with E-state index in [-0.39, 0.29) is 0 Å². The van der Waals surface area contributed by atoms with Gasteiger partial charge in [-0.3, -0.25) is 5.10 Å². The molecule has 0 spiro atoms. The van der Waals surface area contributed by atoms with Gasteiger partial charge in [-0.25, -0.2) is 4.98 Å². The summed E-state index contributed by atoms with van der Waals surface area (Å²) in [6, 6.07) is 12.3. The zero-order valence-corrected chi connectivity index (χ0v) is 16.5. The Morgan fingerprint density at radius 3 is 2.59 bits per heavy atom. The van der Waals surface area contributed by atoms with Crippen molar-refractivity contribution in [2.45, 2.75) is 25.7 Å². The maximum Gasteiger partial charge on any atom is 0.229 e. The highest BCUT2D eigenvalue weighted by Crippen LogP contribution is 2.39. The molecule has 1 aliphatic carbocycles. The number of aryl methyl sites for hydroxylation is 1. The molecule has 1 saturated carbocycles. The standard InChI is InChI=1S/C21H25N7O/c1-14-12-19(24-20-13-18(26-27-20)15-2-3-15)25-21(22-14)23-16-4-6-17(7-5-16)28-8-10-29-11-9-28/h4-7,12-13,15H,2-3,8-11H2,1H3,(H3,22,23,24,25,26,27). The van der Waals surface area contributed by atoms with Crippen LogP contribution in [-0.4, -0.2) is 46.5 Å². The summed E-state index contributed by atoms with van der Waals surface area (Å²) in [5, 5.41) is 14.0. The van der Waals surface area contributed by atoms with Crippen molar-refractivity contribution in [2.24, 2.45) is 0 Å². The van der Waals surface area contributed by atoms with Gasteiger partial charge in [0.2, 0.25) is 5.95 Å². The average molecular weight is 391 g/mol. The molecule has 8 heteroatoms. The number of aromatic nitrogens is 4. The molecule has 0 bridgehead atoms. The number of H-pyrrole nitrogens is 1. The Morgan fingerprint density at radius 1 is 1.03 bits per heavy atom. The Kier molecular flexibility index (Phi) is 4.77. The smallest absolute Gasteiger partial charge is 0.229 e. The van der Waals surface area contributed by atoms with Crippen LogP contribution in [0.4, 0.5) is 29.0 Å². The maximum absolute atomic E-state index is 5.42. The summed E-state index contributed by atoms with van der Waals surface area (Å²) in [5.41, 5.74) is 4.17. The van der Waals surface area contributed by atoms with Crippen LogP contribution in [0.3, 0.4) is 0 Å². The number of nitrogens with zero attached hydrogens (tertiary/aromatic N) is 4. The Bertz CT molecular complexity index is 975. The number of anilines is 5. The fourth-order valence-corrected chi connectivity index (χ4v) is 3.52. The summed E-state index contributed by atoms with van der Waals surface area (Å²) in [7, 11) is 0. The average Bonchev–Trinajstić information content (AvgIpc) is 3.48. The van der Waals surface area contributed by atoms with E-state index in [1.54, 1.807) is 0 Å². The van der Waals surface area contributed by atoms with Gasteiger partial charge >= 0.3 is 0 Å². The predicted octanol–water partition coefficient (Wildman–Crippen LogP) is 3.71. The fourth-order valence-electron chi connectivity index (χ4n) is 3.52. The minimum Gasteiger partial charge on any atom is -0.378 e. The van der Waals surface area contributed by atoms with Crippen LogP contribution >= 0.6 is 0 Å². The molecule has 1 saturated heterocycles. The highest BCUT2D eigenvalue weighted by molar-refractivity contribution is 5.61. The zero-order valence-electron chi connectivity index (χ0n) is 16.5. The molecule has 29 heavy (non-hydrogen) atoms. The number of morpholine rings is 1. The predicted molar refractivity (Wildman–Crippen MR) is 113 cm³/mol. The number of nitrogens with one attached hydrogen (secondary N) is 3. The zero-order chi connectivity index (χ0) is 19.6. The molecule has 3 heterocycles. The van der Waals surface area contributed by atoms with Crippen LogP contribution in [0.25, 0.3) is 0 Å². The first kappa shape index (κ1) is 17.9. The molecule has 3 aromatic rings. The Balaban J connectivity index is 1.27. The van der Waals surface area contributed by atoms with Gasteiger partial charge in [-0.1, -0.05) is 0 Å². The van der Waals surface area contributed by atoms with E-state index < -0.39 is 0 Å². The first-order chi connectivity index (χ1) is 14.2. The third-order valence-corrected chi connectivity index (χ3v) is 5.21. The minimum absolute atomic E-state index is 0.563. The lowest BCUT2D eigenvalue weighted by Crippen LogP contribution is -2.36. The number of benzene rings is 1. The summed E-state index contributed by atoms with van der Waals surface area (Å²) in [5.74, 6) is 2.77. The van der Waals surface area contributed by atoms with E-state index in [4.69, 9.17) is 4.74 Å². The molecule has 0 unspecified atom stereocenters. The van der Waals surface area contributed by atoms with Crippen molar-refractivity contribution in [3.05, 3.63) is 47.8 Å². The molecule has 8 nitrogen and oxygen atoms in total. The van der Waals surface area contributed by atoms with Crippen molar-refractivity contribution in [3.63, 3.8) is 0 Å². The van der Waals surface area contributed by atoms with E-state index in [1.807, 2.05) is 13.0 Å². The van der Waals surface area contributed by atoms with E-state index in [0.717, 1.165) is 55.0 Å². The second-order valence-electron chi connectivity index (χ2n) is 7.60. The van der Waals surface area contributed by atoms with Crippen LogP contribution in [0.2, 0.25) is 0 Å². The van der Waals surface area contributed by atoms with Crippen molar-refractivity contribution in [2.75, 3.05) is 41.8 Å². The van der Waals surface area contributed by atoms with Crippen LogP contribution in [-0.2, 0) is 4.74 Å². The molecule has 0 radical (unpaired) electrons. The quantitative estimate of drug-likeness (QED) is 0.590. The van der Waals surface area contributed by atoms with Crippen LogP contribution in [0.5, 0.6) is 0 Å². The van der Waals surface area contributed by atoms with Crippen molar-refractivity contribution in [1.82, 2.24) is 20.2 Å². The van der Waals surface area contributed by atoms with Crippen molar-refractivity contribution in [3.8, 4) is 0 Å². The number of rotatable bonds is 6. The van der Waals surface area contributed by atoms with Gasteiger partial charge in [0.1, 0.15) is 11.6 Å². The van der Waals surface area contributed by atoms with Gasteiger partial charge in [-0.15, -0.1) is 0 Å². The Labute approximate surface area is 169 Å². The first-order valence-corrected chi connectivity index (χ1v) is 10.1. The van der Waals surface area contributed by atoms with Gasteiger partial charge < -0.3 is 20.3 Å². The van der Waals surface area contributed by atoms with Gasteiger partial charge in [-0.05, 0) is 44.0 Å². The fraction of sp³-hybridized carbons (Fsp3) is 0.381. The monoisotopic (exact) mass is 391 g/mol. The van der Waals surface area contributed by atoms with Crippen molar-refractivity contribution in [1.29, 1.82) is 0 Å². The molecule has 2 fully saturated rings. The molecular formula is C21H25N7O. The highest BCUT2D eigenvalue weighted by Gasteiger charge is 2.26. The van der Waals surface area contributed by atoms with Gasteiger partial charge in [0.05, 0.1) is 18.9 Å². The highest BCUT2D eigenvalue weighted by atomic mass is 16.5. The van der Waals surface area contributed by atoms with E-state index in [0.29, 0.717) is 11.9 Å². The van der Waals surface area contributed by atoms with Crippen LogP contribution in [0.1, 0.15) is 30.1 Å². The molecule has 5 rings (SSSR count). The summed E-state index contributed by atoms with van der Waals surface area (Å²) in [6.45, 7) is 5.39. The van der Waals surface area contributed by atoms with Gasteiger partial charge in [0.15, 0.2) is 0 Å². The van der Waals surface area contributed by atoms with E-state index in [1.165, 1.54) is 18.5 Å². The van der Waals surface area contributed by atoms with Gasteiger partial charge in [0, 0.05) is 48.2 Å². The second-order valence-corrected chi connectivity index (χ2v) is 7.60. The normalized spacial score (nSPS) is 16.7. The van der Waals surface area contributed by atoms with Crippen LogP contribution in [0, 0.1) is 6.92 Å². The topological polar surface area (TPSA) is 91.0 Å². The molecule has 0 amide bonds. The third-order valence-electron chi connectivity index (χ3n) is 5.21. The van der Waals surface area contributed by atoms with Crippen LogP contribution in [0.15, 0.2) is 36.4 Å². The first-order valence-electron chi connectivity index (χ1n) is 10.1. The lowest BCUT2D eigenvalue weighted by Gasteiger charge is -2.28. The summed E-state index contributed by atoms with van der Waals surface area (Å²) in [4.78, 5) is 11.4. The van der Waals surface area contributed by atoms with Gasteiger partial charge in [-0.2, -0.15) is 10.1 Å². The third kappa shape index (κ3) is 4.32. The van der Waals surface area contributed by atoms with Gasteiger partial charge in [0.25, 0.3) is 0 Å². The molecule has 150 valence electrons. The molecular weight excluding hydrogens is 366 g/mol. The Morgan fingerprint density at radius 2 is 1.83 bits per heavy atom. The molecule has 0 atom stereocenters. The largest absolute Gasteiger partial charge is 0.378 e. The molecule has 3 N–H and O–H groups in total. The maximum atomic E-state index is 5.42. The minimum atomic E-state index is 0.563. The summed E-state index contributed by atoms with van der Waals surface area (Å²) >= 11 is 0. The molecule has 2 aromatic heterocycles. The number of hydrogen-bond donors (Lipinski definition) is 3. The molecule has 2 aliphatic rings. The number of ether oxygens (including phenoxy) is 1. The van der Waals surface area contributed by atoms with E-state index >= 15 is 0 Å². The number of hydrogen-bond acceptors (Lipinski definition) is 7. The molecule has 1 aliphatic heterocycles. The Hall–Kier alpha value is -3.13. The second kappa shape index (κ2) is 7.71. The summed E-state index contributed by atoms with van der Waals surface area (Å²) in [6.07, 6.45) is 2.46. The summed E-state index contributed by atoms with van der Waals surface area (Å²) < 4.78 is 5.42. The van der Waals surface area contributed by atoms with Crippen LogP contribution < -0.4 is 15.5 Å². The SMILES string of the molecule is Cc1cc(Nc2cc(C3CC3)n[nH]2)nc(Nc2ccc(N3CCOCC3)cc2)n1. The van der Waals surface area contributed by atoms with Crippen molar-refractivity contribution >= 4 is 29.0 Å².